The van der Waals surface area contributed by atoms with Crippen LogP contribution in [0.3, 0.4) is 0 Å². The van der Waals surface area contributed by atoms with Crippen molar-refractivity contribution in [3.8, 4) is 22.5 Å². The zero-order valence-electron chi connectivity index (χ0n) is 26.7. The van der Waals surface area contributed by atoms with Crippen LogP contribution in [0.25, 0.3) is 33.4 Å². The van der Waals surface area contributed by atoms with Crippen molar-refractivity contribution in [3.05, 3.63) is 71.6 Å². The Bertz CT molecular complexity index is 1560. The Morgan fingerprint density at radius 2 is 1.58 bits per heavy atom. The first kappa shape index (κ1) is 32.4. The molecule has 43 heavy (non-hydrogen) atoms. The lowest BCUT2D eigenvalue weighted by atomic mass is 9.90. The monoisotopic (exact) mass is 604 g/mol. The normalized spacial score (nSPS) is 11.7. The molecule has 1 amide bonds. The summed E-state index contributed by atoms with van der Waals surface area (Å²) in [7, 11) is 2.11. The van der Waals surface area contributed by atoms with E-state index in [1.165, 1.54) is 0 Å². The average Bonchev–Trinajstić information content (AvgIpc) is 3.05. The van der Waals surface area contributed by atoms with Crippen molar-refractivity contribution in [1.82, 2.24) is 9.89 Å². The lowest BCUT2D eigenvalue weighted by Gasteiger charge is -2.24. The molecule has 9 heteroatoms. The number of amides is 1. The van der Waals surface area contributed by atoms with Crippen molar-refractivity contribution >= 4 is 31.4 Å². The Labute approximate surface area is 256 Å². The van der Waals surface area contributed by atoms with Crippen molar-refractivity contribution in [2.24, 2.45) is 0 Å². The largest absolute Gasteiger partial charge is 0.500 e. The van der Waals surface area contributed by atoms with Crippen molar-refractivity contribution in [2.45, 2.75) is 40.2 Å². The predicted octanol–water partition coefficient (Wildman–Crippen LogP) is 5.86. The summed E-state index contributed by atoms with van der Waals surface area (Å²) >= 11 is 0. The van der Waals surface area contributed by atoms with E-state index in [0.717, 1.165) is 70.6 Å². The topological polar surface area (TPSA) is 76.2 Å². The van der Waals surface area contributed by atoms with E-state index in [1.54, 1.807) is 21.3 Å². The van der Waals surface area contributed by atoms with E-state index in [1.807, 2.05) is 24.3 Å². The van der Waals surface area contributed by atoms with Crippen LogP contribution in [0.4, 0.5) is 5.69 Å². The molecule has 0 fully saturated rings. The molecule has 0 atom stereocenters. The molecule has 1 aliphatic heterocycles. The molecule has 0 aromatic heterocycles. The minimum Gasteiger partial charge on any atom is -0.456 e. The van der Waals surface area contributed by atoms with Gasteiger partial charge in [-0.3, -0.25) is 4.79 Å². The molecular weight excluding hydrogens is 558 g/mol. The molecular formula is C34H46N3O5Si+. The van der Waals surface area contributed by atoms with E-state index >= 15 is 0 Å². The molecule has 1 N–H and O–H groups in total. The quantitative estimate of drug-likeness (QED) is 0.0841. The van der Waals surface area contributed by atoms with Gasteiger partial charge in [0.1, 0.15) is 24.4 Å². The Hall–Kier alpha value is -3.50. The highest BCUT2D eigenvalue weighted by Crippen LogP contribution is 2.42. The number of anilines is 1. The van der Waals surface area contributed by atoms with Gasteiger partial charge in [-0.2, -0.15) is 0 Å². The highest BCUT2D eigenvalue weighted by molar-refractivity contribution is 6.60. The third-order valence-corrected chi connectivity index (χ3v) is 11.1. The van der Waals surface area contributed by atoms with Gasteiger partial charge >= 0.3 is 8.80 Å². The van der Waals surface area contributed by atoms with Crippen LogP contribution in [0, 0.1) is 0 Å². The van der Waals surface area contributed by atoms with Crippen LogP contribution in [0.15, 0.2) is 65.1 Å². The number of benzene rings is 3. The summed E-state index contributed by atoms with van der Waals surface area (Å²) in [5.41, 5.74) is 5.34. The van der Waals surface area contributed by atoms with Gasteiger partial charge in [0.15, 0.2) is 0 Å². The maximum Gasteiger partial charge on any atom is 0.500 e. The number of carbonyl (C=O) groups is 1. The van der Waals surface area contributed by atoms with E-state index in [-0.39, 0.29) is 5.91 Å². The summed E-state index contributed by atoms with van der Waals surface area (Å²) in [5.74, 6) is 0.663. The highest BCUT2D eigenvalue weighted by Gasteiger charge is 2.37. The summed E-state index contributed by atoms with van der Waals surface area (Å²) in [6, 6.07) is 21.2. The predicted molar refractivity (Wildman–Crippen MR) is 177 cm³/mol. The molecule has 8 nitrogen and oxygen atoms in total. The molecule has 2 aromatic carbocycles. The van der Waals surface area contributed by atoms with Gasteiger partial charge in [0.05, 0.1) is 6.07 Å². The van der Waals surface area contributed by atoms with Gasteiger partial charge in [-0.1, -0.05) is 18.2 Å². The van der Waals surface area contributed by atoms with Crippen molar-refractivity contribution in [1.29, 1.82) is 0 Å². The fourth-order valence-electron chi connectivity index (χ4n) is 5.79. The van der Waals surface area contributed by atoms with Gasteiger partial charge in [0, 0.05) is 86.9 Å². The second-order valence-corrected chi connectivity index (χ2v) is 13.5. The first-order valence-electron chi connectivity index (χ1n) is 15.3. The van der Waals surface area contributed by atoms with Crippen LogP contribution in [-0.2, 0) is 13.3 Å². The first-order valence-corrected chi connectivity index (χ1v) is 17.2. The zero-order valence-corrected chi connectivity index (χ0v) is 27.7. The molecule has 1 heterocycles. The second kappa shape index (κ2) is 14.8. The van der Waals surface area contributed by atoms with Crippen molar-refractivity contribution < 1.29 is 22.5 Å². The fraction of sp³-hybridized carbons (Fsp3) is 0.412. The second-order valence-electron chi connectivity index (χ2n) is 10.4. The Balaban J connectivity index is 1.83. The van der Waals surface area contributed by atoms with Gasteiger partial charge in [-0.05, 0) is 63.9 Å². The summed E-state index contributed by atoms with van der Waals surface area (Å²) in [6.07, 6.45) is 0.675. The number of fused-ring (bicyclic) bond motifs is 2. The molecule has 0 saturated heterocycles. The molecule has 1 aliphatic carbocycles. The van der Waals surface area contributed by atoms with Gasteiger partial charge in [-0.15, -0.1) is 0 Å². The Morgan fingerprint density at radius 3 is 2.23 bits per heavy atom. The van der Waals surface area contributed by atoms with E-state index < -0.39 is 8.80 Å². The zero-order chi connectivity index (χ0) is 31.0. The smallest absolute Gasteiger partial charge is 0.456 e. The average molecular weight is 605 g/mol. The highest BCUT2D eigenvalue weighted by atomic mass is 28.4. The van der Waals surface area contributed by atoms with Crippen molar-refractivity contribution in [3.63, 3.8) is 0 Å². The minimum absolute atomic E-state index is 0.128. The van der Waals surface area contributed by atoms with E-state index in [9.17, 15) is 4.79 Å². The molecule has 0 bridgehead atoms. The van der Waals surface area contributed by atoms with Crippen LogP contribution in [0.5, 0.6) is 0 Å². The first-order chi connectivity index (χ1) is 20.9. The Kier molecular flexibility index (Phi) is 11.1. The van der Waals surface area contributed by atoms with E-state index in [4.69, 9.17) is 17.7 Å². The van der Waals surface area contributed by atoms with Gasteiger partial charge in [0.2, 0.25) is 5.36 Å². The summed E-state index contributed by atoms with van der Waals surface area (Å²) in [4.78, 5) is 16.0. The van der Waals surface area contributed by atoms with E-state index in [2.05, 4.69) is 78.9 Å². The van der Waals surface area contributed by atoms with Gasteiger partial charge in [0.25, 0.3) is 5.91 Å². The minimum atomic E-state index is -2.70. The summed E-state index contributed by atoms with van der Waals surface area (Å²) in [6.45, 7) is 12.7. The molecule has 0 spiro atoms. The third-order valence-electron chi connectivity index (χ3n) is 8.27. The number of rotatable bonds is 14. The van der Waals surface area contributed by atoms with Crippen LogP contribution >= 0.6 is 0 Å². The van der Waals surface area contributed by atoms with Crippen LogP contribution in [-0.4, -0.2) is 68.8 Å². The summed E-state index contributed by atoms with van der Waals surface area (Å²) < 4.78 is 25.5. The molecule has 0 unspecified atom stereocenters. The standard InChI is InChI=1S/C34H45N3O5Si/c1-8-36(9-2)25-17-19-29-31(23-25)42-32-24-26(37(10-3)11-4)18-20-30(32)33(29)27-15-12-13-16-28(27)34(38)35-21-14-22-43(39-5,40-6)41-7/h12-13,15-20,23-24H,8-11,14,21-22H2,1-7H3/p+1. The summed E-state index contributed by atoms with van der Waals surface area (Å²) in [5, 5.41) is 5.19. The van der Waals surface area contributed by atoms with Crippen LogP contribution < -0.4 is 20.1 Å². The number of nitrogens with zero attached hydrogens (tertiary/aromatic N) is 2. The molecule has 2 aromatic rings. The number of hydrogen-bond acceptors (Lipinski definition) is 6. The Morgan fingerprint density at radius 1 is 0.884 bits per heavy atom. The maximum atomic E-state index is 13.7. The third kappa shape index (κ3) is 6.85. The van der Waals surface area contributed by atoms with Crippen LogP contribution in [0.1, 0.15) is 44.5 Å². The molecule has 0 saturated carbocycles. The lowest BCUT2D eigenvalue weighted by Crippen LogP contribution is -2.43. The number of hydrogen-bond donors (Lipinski definition) is 1. The van der Waals surface area contributed by atoms with Gasteiger partial charge in [-0.25, -0.2) is 4.58 Å². The van der Waals surface area contributed by atoms with E-state index in [0.29, 0.717) is 24.6 Å². The number of carbonyl (C=O) groups excluding carboxylic acids is 1. The fourth-order valence-corrected chi connectivity index (χ4v) is 7.51. The molecule has 2 aliphatic rings. The maximum absolute atomic E-state index is 13.7. The molecule has 4 rings (SSSR count). The number of nitrogens with one attached hydrogen (secondary N) is 1. The SMILES string of the molecule is CCN(CC)c1ccc2c(-c3ccccc3C(=O)NCCC[Si](OC)(OC)OC)c3ccc(=[N+](CC)CC)cc-3oc2c1. The van der Waals surface area contributed by atoms with Crippen molar-refractivity contribution in [2.75, 3.05) is 59.0 Å². The molecule has 230 valence electrons. The van der Waals surface area contributed by atoms with Gasteiger partial charge < -0.3 is 27.9 Å². The lowest BCUT2D eigenvalue weighted by molar-refractivity contribution is 0.0950. The van der Waals surface area contributed by atoms with Crippen LogP contribution in [0.2, 0.25) is 6.04 Å². The molecule has 0 radical (unpaired) electrons.